The summed E-state index contributed by atoms with van der Waals surface area (Å²) in [7, 11) is 0. The van der Waals surface area contributed by atoms with Gasteiger partial charge in [-0.05, 0) is 73.8 Å². The van der Waals surface area contributed by atoms with Crippen molar-refractivity contribution in [1.29, 1.82) is 0 Å². The van der Waals surface area contributed by atoms with E-state index in [9.17, 15) is 23.1 Å². The van der Waals surface area contributed by atoms with Crippen LogP contribution in [-0.4, -0.2) is 30.2 Å². The van der Waals surface area contributed by atoms with E-state index in [2.05, 4.69) is 47.1 Å². The van der Waals surface area contributed by atoms with Gasteiger partial charge in [-0.3, -0.25) is 4.79 Å². The van der Waals surface area contributed by atoms with Gasteiger partial charge in [-0.15, -0.1) is 13.2 Å². The number of ether oxygens (including phenoxy) is 2. The molecule has 6 nitrogen and oxygen atoms in total. The van der Waals surface area contributed by atoms with Crippen LogP contribution in [0.1, 0.15) is 5.56 Å². The SMILES string of the molecule is O=C(COc1ccc(OC(F)(F)F)cc1)N/N=C/c1cc(Br)c(O)c(Br)c1. The fourth-order valence-corrected chi connectivity index (χ4v) is 2.98. The van der Waals surface area contributed by atoms with Gasteiger partial charge in [0, 0.05) is 0 Å². The van der Waals surface area contributed by atoms with Gasteiger partial charge in [-0.25, -0.2) is 5.43 Å². The molecule has 2 aromatic rings. The number of nitrogens with one attached hydrogen (secondary N) is 1. The molecule has 11 heteroatoms. The van der Waals surface area contributed by atoms with E-state index < -0.39 is 18.0 Å². The Hall–Kier alpha value is -2.27. The summed E-state index contributed by atoms with van der Waals surface area (Å²) in [5.74, 6) is -0.736. The van der Waals surface area contributed by atoms with Crippen LogP contribution in [0, 0.1) is 0 Å². The first-order chi connectivity index (χ1) is 12.6. The largest absolute Gasteiger partial charge is 0.573 e. The second kappa shape index (κ2) is 9.09. The first-order valence-corrected chi connectivity index (χ1v) is 8.71. The quantitative estimate of drug-likeness (QED) is 0.446. The second-order valence-corrected chi connectivity index (χ2v) is 6.64. The van der Waals surface area contributed by atoms with Crippen LogP contribution in [0.3, 0.4) is 0 Å². The maximum absolute atomic E-state index is 12.1. The van der Waals surface area contributed by atoms with Crippen LogP contribution in [0.25, 0.3) is 0 Å². The minimum absolute atomic E-state index is 0.0382. The van der Waals surface area contributed by atoms with E-state index >= 15 is 0 Å². The zero-order valence-corrected chi connectivity index (χ0v) is 16.4. The number of alkyl halides is 3. The number of nitrogens with zero attached hydrogens (tertiary/aromatic N) is 1. The molecular weight excluding hydrogens is 501 g/mol. The zero-order chi connectivity index (χ0) is 20.0. The van der Waals surface area contributed by atoms with Gasteiger partial charge in [0.15, 0.2) is 6.61 Å². The minimum Gasteiger partial charge on any atom is -0.506 e. The number of aromatic hydroxyl groups is 1. The van der Waals surface area contributed by atoms with Gasteiger partial charge in [0.2, 0.25) is 0 Å². The number of phenolic OH excluding ortho intramolecular Hbond substituents is 1. The van der Waals surface area contributed by atoms with Gasteiger partial charge in [-0.2, -0.15) is 5.10 Å². The third kappa shape index (κ3) is 7.10. The van der Waals surface area contributed by atoms with Crippen LogP contribution in [0.2, 0.25) is 0 Å². The lowest BCUT2D eigenvalue weighted by molar-refractivity contribution is -0.274. The number of rotatable bonds is 6. The van der Waals surface area contributed by atoms with E-state index in [1.165, 1.54) is 18.3 Å². The molecule has 0 spiro atoms. The summed E-state index contributed by atoms with van der Waals surface area (Å²) in [6, 6.07) is 7.80. The highest BCUT2D eigenvalue weighted by Gasteiger charge is 2.30. The van der Waals surface area contributed by atoms with E-state index in [0.717, 1.165) is 12.1 Å². The van der Waals surface area contributed by atoms with Crippen molar-refractivity contribution in [3.63, 3.8) is 0 Å². The molecule has 1 amide bonds. The molecule has 144 valence electrons. The third-order valence-corrected chi connectivity index (χ3v) is 4.08. The van der Waals surface area contributed by atoms with Crippen LogP contribution in [0.15, 0.2) is 50.4 Å². The van der Waals surface area contributed by atoms with Crippen molar-refractivity contribution in [3.05, 3.63) is 50.9 Å². The van der Waals surface area contributed by atoms with Gasteiger partial charge in [0.05, 0.1) is 15.2 Å². The van der Waals surface area contributed by atoms with E-state index in [1.807, 2.05) is 0 Å². The first-order valence-electron chi connectivity index (χ1n) is 7.12. The standard InChI is InChI=1S/C16H11Br2F3N2O4/c17-12-5-9(6-13(18)15(12)25)7-22-23-14(24)8-26-10-1-3-11(4-2-10)27-16(19,20)21/h1-7,25H,8H2,(H,23,24)/b22-7+. The number of carbonyl (C=O) groups is 1. The number of hydrogen-bond donors (Lipinski definition) is 2. The molecule has 0 bridgehead atoms. The third-order valence-electron chi connectivity index (χ3n) is 2.87. The molecule has 0 aliphatic carbocycles. The maximum Gasteiger partial charge on any atom is 0.573 e. The normalized spacial score (nSPS) is 11.4. The molecule has 0 radical (unpaired) electrons. The van der Waals surface area contributed by atoms with Crippen LogP contribution >= 0.6 is 31.9 Å². The zero-order valence-electron chi connectivity index (χ0n) is 13.3. The van der Waals surface area contributed by atoms with Crippen molar-refractivity contribution in [3.8, 4) is 17.2 Å². The fourth-order valence-electron chi connectivity index (χ4n) is 1.76. The maximum atomic E-state index is 12.1. The Balaban J connectivity index is 1.82. The van der Waals surface area contributed by atoms with Crippen LogP contribution in [-0.2, 0) is 4.79 Å². The van der Waals surface area contributed by atoms with Gasteiger partial charge >= 0.3 is 6.36 Å². The highest BCUT2D eigenvalue weighted by Crippen LogP contribution is 2.32. The molecule has 0 saturated heterocycles. The number of carbonyl (C=O) groups excluding carboxylic acids is 1. The number of phenols is 1. The topological polar surface area (TPSA) is 80.2 Å². The molecule has 0 aliphatic rings. The van der Waals surface area contributed by atoms with Gasteiger partial charge in [-0.1, -0.05) is 0 Å². The predicted octanol–water partition coefficient (Wildman–Crippen LogP) is 4.34. The molecule has 27 heavy (non-hydrogen) atoms. The number of amides is 1. The number of benzene rings is 2. The Bertz CT molecular complexity index is 820. The number of hydrogen-bond acceptors (Lipinski definition) is 5. The summed E-state index contributed by atoms with van der Waals surface area (Å²) in [4.78, 5) is 11.7. The second-order valence-electron chi connectivity index (χ2n) is 4.93. The Labute approximate surface area is 168 Å². The van der Waals surface area contributed by atoms with Crippen molar-refractivity contribution in [2.45, 2.75) is 6.36 Å². The monoisotopic (exact) mass is 510 g/mol. The molecule has 0 aromatic heterocycles. The van der Waals surface area contributed by atoms with Gasteiger partial charge < -0.3 is 14.6 Å². The fraction of sp³-hybridized carbons (Fsp3) is 0.125. The highest BCUT2D eigenvalue weighted by molar-refractivity contribution is 9.11. The number of halogens is 5. The van der Waals surface area contributed by atoms with E-state index in [1.54, 1.807) is 12.1 Å². The number of hydrazone groups is 1. The molecule has 0 saturated carbocycles. The average molecular weight is 512 g/mol. The van der Waals surface area contributed by atoms with E-state index in [0.29, 0.717) is 14.5 Å². The summed E-state index contributed by atoms with van der Waals surface area (Å²) >= 11 is 6.34. The van der Waals surface area contributed by atoms with Crippen LogP contribution < -0.4 is 14.9 Å². The molecule has 0 fully saturated rings. The van der Waals surface area contributed by atoms with Crippen LogP contribution in [0.5, 0.6) is 17.2 Å². The van der Waals surface area contributed by atoms with Crippen molar-refractivity contribution < 1.29 is 32.5 Å². The lowest BCUT2D eigenvalue weighted by Gasteiger charge is -2.09. The molecule has 0 aliphatic heterocycles. The molecule has 2 N–H and O–H groups in total. The van der Waals surface area contributed by atoms with E-state index in [4.69, 9.17) is 4.74 Å². The van der Waals surface area contributed by atoms with Crippen molar-refractivity contribution in [1.82, 2.24) is 5.43 Å². The molecule has 0 heterocycles. The molecule has 0 atom stereocenters. The Morgan fingerprint density at radius 3 is 2.26 bits per heavy atom. The van der Waals surface area contributed by atoms with Crippen LogP contribution in [0.4, 0.5) is 13.2 Å². The van der Waals surface area contributed by atoms with Gasteiger partial charge in [0.1, 0.15) is 17.2 Å². The summed E-state index contributed by atoms with van der Waals surface area (Å²) in [5, 5.41) is 13.4. The van der Waals surface area contributed by atoms with Crippen molar-refractivity contribution in [2.75, 3.05) is 6.61 Å². The Morgan fingerprint density at radius 1 is 1.15 bits per heavy atom. The minimum atomic E-state index is -4.77. The molecule has 0 unspecified atom stereocenters. The molecule has 2 aromatic carbocycles. The molecular formula is C16H11Br2F3N2O4. The summed E-state index contributed by atoms with van der Waals surface area (Å²) in [6.45, 7) is -0.389. The molecule has 2 rings (SSSR count). The Kier molecular flexibility index (Phi) is 7.08. The van der Waals surface area contributed by atoms with Crippen molar-refractivity contribution in [2.24, 2.45) is 5.10 Å². The summed E-state index contributed by atoms with van der Waals surface area (Å²) in [5.41, 5.74) is 2.84. The van der Waals surface area contributed by atoms with Gasteiger partial charge in [0.25, 0.3) is 5.91 Å². The average Bonchev–Trinajstić information content (AvgIpc) is 2.57. The Morgan fingerprint density at radius 2 is 1.70 bits per heavy atom. The predicted molar refractivity (Wildman–Crippen MR) is 97.9 cm³/mol. The van der Waals surface area contributed by atoms with E-state index in [-0.39, 0.29) is 18.1 Å². The first kappa shape index (κ1) is 21.0. The summed E-state index contributed by atoms with van der Waals surface area (Å²) < 4.78 is 46.0. The lowest BCUT2D eigenvalue weighted by atomic mass is 10.2. The lowest BCUT2D eigenvalue weighted by Crippen LogP contribution is -2.24. The van der Waals surface area contributed by atoms with Crippen molar-refractivity contribution >= 4 is 44.0 Å². The summed E-state index contributed by atoms with van der Waals surface area (Å²) in [6.07, 6.45) is -3.42. The highest BCUT2D eigenvalue weighted by atomic mass is 79.9. The smallest absolute Gasteiger partial charge is 0.506 e.